The summed E-state index contributed by atoms with van der Waals surface area (Å²) in [6, 6.07) is 20.5. The maximum atomic E-state index is 12.6. The third kappa shape index (κ3) is 7.27. The molecule has 0 aromatic heterocycles. The van der Waals surface area contributed by atoms with Crippen LogP contribution < -0.4 is 4.74 Å². The number of nitrogens with zero attached hydrogens (tertiary/aromatic N) is 1. The predicted molar refractivity (Wildman–Crippen MR) is 137 cm³/mol. The van der Waals surface area contributed by atoms with Crippen molar-refractivity contribution in [3.63, 3.8) is 0 Å². The fraction of sp³-hybridized carbons (Fsp3) is 0.259. The number of hydrogen-bond acceptors (Lipinski definition) is 4. The smallest absolute Gasteiger partial charge is 0.336 e. The van der Waals surface area contributed by atoms with Gasteiger partial charge < -0.3 is 14.7 Å². The number of hydrogen-bond donors (Lipinski definition) is 1. The van der Waals surface area contributed by atoms with Crippen molar-refractivity contribution < 1.29 is 19.4 Å². The molecule has 34 heavy (non-hydrogen) atoms. The van der Waals surface area contributed by atoms with Crippen LogP contribution in [0.2, 0.25) is 5.02 Å². The number of amides is 1. The molecule has 178 valence electrons. The minimum atomic E-state index is -0.906. The normalized spacial score (nSPS) is 10.7. The number of aryl methyl sites for hydroxylation is 2. The zero-order chi connectivity index (χ0) is 24.5. The van der Waals surface area contributed by atoms with E-state index in [9.17, 15) is 14.7 Å². The highest BCUT2D eigenvalue weighted by molar-refractivity contribution is 7.99. The number of rotatable bonds is 11. The quantitative estimate of drug-likeness (QED) is 0.324. The van der Waals surface area contributed by atoms with E-state index in [1.54, 1.807) is 28.8 Å². The number of benzene rings is 3. The van der Waals surface area contributed by atoms with Crippen LogP contribution in [-0.4, -0.2) is 40.8 Å². The molecule has 0 aliphatic carbocycles. The van der Waals surface area contributed by atoms with E-state index in [1.165, 1.54) is 0 Å². The van der Waals surface area contributed by atoms with E-state index >= 15 is 0 Å². The fourth-order valence-electron chi connectivity index (χ4n) is 3.46. The van der Waals surface area contributed by atoms with Crippen molar-refractivity contribution in [3.05, 3.63) is 94.0 Å². The van der Waals surface area contributed by atoms with Crippen LogP contribution in [0.15, 0.2) is 71.6 Å². The van der Waals surface area contributed by atoms with E-state index in [0.29, 0.717) is 29.4 Å². The lowest BCUT2D eigenvalue weighted by molar-refractivity contribution is -0.133. The van der Waals surface area contributed by atoms with Crippen LogP contribution in [0.25, 0.3) is 0 Å². The summed E-state index contributed by atoms with van der Waals surface area (Å²) >= 11 is 7.48. The zero-order valence-corrected chi connectivity index (χ0v) is 20.9. The second kappa shape index (κ2) is 12.5. The summed E-state index contributed by atoms with van der Waals surface area (Å²) in [5, 5.41) is 10.1. The fourth-order valence-corrected chi connectivity index (χ4v) is 4.73. The van der Waals surface area contributed by atoms with Gasteiger partial charge in [0.2, 0.25) is 0 Å². The van der Waals surface area contributed by atoms with E-state index in [4.69, 9.17) is 16.3 Å². The Hall–Kier alpha value is -2.96. The van der Waals surface area contributed by atoms with Crippen LogP contribution in [0.4, 0.5) is 0 Å². The number of aromatic carboxylic acids is 1. The van der Waals surface area contributed by atoms with Gasteiger partial charge >= 0.3 is 5.97 Å². The summed E-state index contributed by atoms with van der Waals surface area (Å²) in [6.45, 7) is 4.94. The van der Waals surface area contributed by atoms with Gasteiger partial charge in [0.25, 0.3) is 5.91 Å². The summed E-state index contributed by atoms with van der Waals surface area (Å²) in [6.07, 6.45) is 0.794. The van der Waals surface area contributed by atoms with Gasteiger partial charge in [0.15, 0.2) is 6.61 Å². The van der Waals surface area contributed by atoms with Gasteiger partial charge in [0.1, 0.15) is 5.75 Å². The molecule has 0 aliphatic heterocycles. The van der Waals surface area contributed by atoms with Crippen LogP contribution in [0.1, 0.15) is 34.0 Å². The molecule has 0 aliphatic rings. The summed E-state index contributed by atoms with van der Waals surface area (Å²) in [7, 11) is 0. The molecule has 3 rings (SSSR count). The first-order valence-electron chi connectivity index (χ1n) is 11.1. The Balaban J connectivity index is 1.48. The SMILES string of the molecule is CCN(Cc1ccc(Cl)cc1)C(=O)COc1ccc(CCSc2c(C)cccc2C(=O)O)cc1. The van der Waals surface area contributed by atoms with Gasteiger partial charge in [-0.3, -0.25) is 4.79 Å². The molecule has 1 amide bonds. The summed E-state index contributed by atoms with van der Waals surface area (Å²) in [4.78, 5) is 26.6. The van der Waals surface area contributed by atoms with Crippen molar-refractivity contribution >= 4 is 35.2 Å². The second-order valence-electron chi connectivity index (χ2n) is 7.82. The monoisotopic (exact) mass is 497 g/mol. The number of ether oxygens (including phenoxy) is 1. The maximum absolute atomic E-state index is 12.6. The Labute approximate surface area is 209 Å². The summed E-state index contributed by atoms with van der Waals surface area (Å²) < 4.78 is 5.71. The molecule has 0 saturated heterocycles. The number of carbonyl (C=O) groups excluding carboxylic acids is 1. The molecule has 0 saturated carbocycles. The molecule has 7 heteroatoms. The lowest BCUT2D eigenvalue weighted by Crippen LogP contribution is -2.34. The van der Waals surface area contributed by atoms with Gasteiger partial charge in [-0.2, -0.15) is 0 Å². The Morgan fingerprint density at radius 2 is 1.68 bits per heavy atom. The minimum Gasteiger partial charge on any atom is -0.484 e. The molecule has 0 unspecified atom stereocenters. The van der Waals surface area contributed by atoms with Crippen LogP contribution >= 0.6 is 23.4 Å². The number of likely N-dealkylation sites (N-methyl/N-ethyl adjacent to an activating group) is 1. The topological polar surface area (TPSA) is 66.8 Å². The van der Waals surface area contributed by atoms with Crippen LogP contribution in [0.5, 0.6) is 5.75 Å². The van der Waals surface area contributed by atoms with E-state index in [1.807, 2.05) is 68.4 Å². The summed E-state index contributed by atoms with van der Waals surface area (Å²) in [5.74, 6) is 0.418. The average Bonchev–Trinajstić information content (AvgIpc) is 2.83. The van der Waals surface area contributed by atoms with Gasteiger partial charge in [-0.05, 0) is 67.3 Å². The van der Waals surface area contributed by atoms with Crippen molar-refractivity contribution in [3.8, 4) is 5.75 Å². The van der Waals surface area contributed by atoms with Gasteiger partial charge in [-0.15, -0.1) is 11.8 Å². The molecule has 0 fully saturated rings. The Morgan fingerprint density at radius 3 is 2.32 bits per heavy atom. The Bertz CT molecular complexity index is 1120. The van der Waals surface area contributed by atoms with Gasteiger partial charge in [-0.1, -0.05) is 48.0 Å². The number of halogens is 1. The van der Waals surface area contributed by atoms with Crippen molar-refractivity contribution in [2.75, 3.05) is 18.9 Å². The van der Waals surface area contributed by atoms with Crippen molar-refractivity contribution in [2.45, 2.75) is 31.7 Å². The van der Waals surface area contributed by atoms with Crippen LogP contribution in [0, 0.1) is 6.92 Å². The van der Waals surface area contributed by atoms with Crippen molar-refractivity contribution in [1.29, 1.82) is 0 Å². The zero-order valence-electron chi connectivity index (χ0n) is 19.3. The first-order valence-corrected chi connectivity index (χ1v) is 12.4. The lowest BCUT2D eigenvalue weighted by atomic mass is 10.1. The lowest BCUT2D eigenvalue weighted by Gasteiger charge is -2.21. The Morgan fingerprint density at radius 1 is 1.00 bits per heavy atom. The highest BCUT2D eigenvalue weighted by Crippen LogP contribution is 2.27. The van der Waals surface area contributed by atoms with Crippen molar-refractivity contribution in [1.82, 2.24) is 4.90 Å². The Kier molecular flexibility index (Phi) is 9.42. The van der Waals surface area contributed by atoms with Crippen LogP contribution in [-0.2, 0) is 17.8 Å². The highest BCUT2D eigenvalue weighted by atomic mass is 35.5. The van der Waals surface area contributed by atoms with E-state index in [2.05, 4.69) is 0 Å². The van der Waals surface area contributed by atoms with E-state index < -0.39 is 5.97 Å². The third-order valence-electron chi connectivity index (χ3n) is 5.39. The molecule has 0 atom stereocenters. The summed E-state index contributed by atoms with van der Waals surface area (Å²) in [5.41, 5.74) is 3.45. The van der Waals surface area contributed by atoms with Gasteiger partial charge in [-0.25, -0.2) is 4.79 Å². The second-order valence-corrected chi connectivity index (χ2v) is 9.36. The molecule has 1 N–H and O–H groups in total. The number of carboxylic acids is 1. The van der Waals surface area contributed by atoms with E-state index in [-0.39, 0.29) is 12.5 Å². The van der Waals surface area contributed by atoms with Gasteiger partial charge in [0, 0.05) is 28.8 Å². The number of carboxylic acid groups (broad SMARTS) is 1. The molecule has 3 aromatic carbocycles. The van der Waals surface area contributed by atoms with Crippen LogP contribution in [0.3, 0.4) is 0 Å². The minimum absolute atomic E-state index is 0.0259. The number of thioether (sulfide) groups is 1. The van der Waals surface area contributed by atoms with E-state index in [0.717, 1.165) is 33.8 Å². The first-order chi connectivity index (χ1) is 16.4. The molecule has 3 aromatic rings. The molecule has 0 heterocycles. The largest absolute Gasteiger partial charge is 0.484 e. The molecule has 0 spiro atoms. The molecule has 0 bridgehead atoms. The molecule has 0 radical (unpaired) electrons. The third-order valence-corrected chi connectivity index (χ3v) is 6.88. The first kappa shape index (κ1) is 25.7. The average molecular weight is 498 g/mol. The standard InChI is InChI=1S/C27H28ClNO4S/c1-3-29(17-21-7-11-22(28)12-8-21)25(30)18-33-23-13-9-20(10-14-23)15-16-34-26-19(2)5-4-6-24(26)27(31)32/h4-14H,3,15-18H2,1-2H3,(H,31,32). The van der Waals surface area contributed by atoms with Gasteiger partial charge in [0.05, 0.1) is 5.56 Å². The molecule has 5 nitrogen and oxygen atoms in total. The molecular weight excluding hydrogens is 470 g/mol. The predicted octanol–water partition coefficient (Wildman–Crippen LogP) is 6.11. The number of carbonyl (C=O) groups is 2. The highest BCUT2D eigenvalue weighted by Gasteiger charge is 2.14. The maximum Gasteiger partial charge on any atom is 0.336 e. The van der Waals surface area contributed by atoms with Crippen molar-refractivity contribution in [2.24, 2.45) is 0 Å². The molecular formula is C27H28ClNO4S.